The Morgan fingerprint density at radius 2 is 2.40 bits per heavy atom. The number of rotatable bonds is 1. The molecule has 0 saturated heterocycles. The van der Waals surface area contributed by atoms with Crippen LogP contribution in [0.4, 0.5) is 5.88 Å². The van der Waals surface area contributed by atoms with Gasteiger partial charge >= 0.3 is 0 Å². The average molecular weight is 139 g/mol. The molecule has 0 bridgehead atoms. The van der Waals surface area contributed by atoms with E-state index in [0.29, 0.717) is 5.88 Å². The van der Waals surface area contributed by atoms with Crippen LogP contribution in [0.15, 0.2) is 16.7 Å². The third-order valence-corrected chi connectivity index (χ3v) is 1.03. The molecule has 0 spiro atoms. The minimum Gasteiger partial charge on any atom is -0.448 e. The number of carbonyl (C=O) groups excluding carboxylic acids is 1. The summed E-state index contributed by atoms with van der Waals surface area (Å²) in [4.78, 5) is 10.5. The summed E-state index contributed by atoms with van der Waals surface area (Å²) in [6, 6.07) is 1.77. The van der Waals surface area contributed by atoms with Gasteiger partial charge in [-0.2, -0.15) is 0 Å². The zero-order valence-electron chi connectivity index (χ0n) is 5.97. The highest BCUT2D eigenvalue weighted by molar-refractivity contribution is 5.87. The summed E-state index contributed by atoms with van der Waals surface area (Å²) >= 11 is 0. The maximum atomic E-state index is 10.5. The number of amides is 1. The van der Waals surface area contributed by atoms with E-state index in [-0.39, 0.29) is 5.91 Å². The molecule has 0 atom stereocenters. The third-order valence-electron chi connectivity index (χ3n) is 1.03. The van der Waals surface area contributed by atoms with Gasteiger partial charge in [0.25, 0.3) is 0 Å². The van der Waals surface area contributed by atoms with E-state index in [1.54, 1.807) is 12.3 Å². The fraction of sp³-hybridized carbons (Fsp3) is 0.286. The van der Waals surface area contributed by atoms with Crippen molar-refractivity contribution in [2.24, 2.45) is 0 Å². The van der Waals surface area contributed by atoms with Gasteiger partial charge in [0, 0.05) is 13.0 Å². The van der Waals surface area contributed by atoms with Gasteiger partial charge in [0.2, 0.25) is 5.91 Å². The Morgan fingerprint density at radius 3 is 2.80 bits per heavy atom. The second-order valence-electron chi connectivity index (χ2n) is 2.17. The van der Waals surface area contributed by atoms with Crippen LogP contribution in [0.5, 0.6) is 0 Å². The maximum absolute atomic E-state index is 10.5. The Balaban J connectivity index is 2.67. The zero-order chi connectivity index (χ0) is 7.56. The monoisotopic (exact) mass is 139 g/mol. The molecule has 0 aliphatic rings. The van der Waals surface area contributed by atoms with Crippen LogP contribution in [0.1, 0.15) is 12.5 Å². The van der Waals surface area contributed by atoms with E-state index in [2.05, 4.69) is 5.32 Å². The standard InChI is InChI=1S/C7H9NO2/c1-5-3-7(10-4-5)8-6(2)9/h3-4H,1-2H3,(H,8,9). The Labute approximate surface area is 59.0 Å². The molecule has 0 fully saturated rings. The molecule has 3 nitrogen and oxygen atoms in total. The van der Waals surface area contributed by atoms with E-state index in [1.807, 2.05) is 6.92 Å². The van der Waals surface area contributed by atoms with Crippen LogP contribution >= 0.6 is 0 Å². The van der Waals surface area contributed by atoms with Crippen molar-refractivity contribution >= 4 is 11.8 Å². The molecule has 54 valence electrons. The number of hydrogen-bond acceptors (Lipinski definition) is 2. The Kier molecular flexibility index (Phi) is 1.76. The highest BCUT2D eigenvalue weighted by atomic mass is 16.3. The molecule has 1 N–H and O–H groups in total. The molecule has 0 aromatic carbocycles. The zero-order valence-corrected chi connectivity index (χ0v) is 5.97. The highest BCUT2D eigenvalue weighted by Gasteiger charge is 1.97. The molecule has 3 heteroatoms. The third kappa shape index (κ3) is 1.62. The van der Waals surface area contributed by atoms with Gasteiger partial charge in [0.15, 0.2) is 5.88 Å². The van der Waals surface area contributed by atoms with Crippen LogP contribution in [0.3, 0.4) is 0 Å². The SMILES string of the molecule is CC(=O)Nc1cc(C)co1. The molecular weight excluding hydrogens is 130 g/mol. The van der Waals surface area contributed by atoms with Crippen LogP contribution in [-0.4, -0.2) is 5.91 Å². The Bertz CT molecular complexity index is 240. The molecule has 0 radical (unpaired) electrons. The highest BCUT2D eigenvalue weighted by Crippen LogP contribution is 2.10. The second-order valence-corrected chi connectivity index (χ2v) is 2.17. The number of aryl methyl sites for hydroxylation is 1. The molecule has 0 unspecified atom stereocenters. The molecule has 1 amide bonds. The van der Waals surface area contributed by atoms with E-state index in [4.69, 9.17) is 4.42 Å². The lowest BCUT2D eigenvalue weighted by molar-refractivity contribution is -0.114. The largest absolute Gasteiger partial charge is 0.448 e. The molecule has 0 aliphatic heterocycles. The molecule has 1 aromatic heterocycles. The van der Waals surface area contributed by atoms with Crippen molar-refractivity contribution in [2.75, 3.05) is 5.32 Å². The molecule has 0 saturated carbocycles. The van der Waals surface area contributed by atoms with Crippen molar-refractivity contribution < 1.29 is 9.21 Å². The first-order chi connectivity index (χ1) is 4.68. The Hall–Kier alpha value is -1.25. The number of hydrogen-bond donors (Lipinski definition) is 1. The van der Waals surface area contributed by atoms with Gasteiger partial charge < -0.3 is 4.42 Å². The van der Waals surface area contributed by atoms with E-state index in [0.717, 1.165) is 5.56 Å². The van der Waals surface area contributed by atoms with Crippen LogP contribution in [0, 0.1) is 6.92 Å². The van der Waals surface area contributed by atoms with Crippen LogP contribution < -0.4 is 5.32 Å². The summed E-state index contributed by atoms with van der Waals surface area (Å²) in [5.74, 6) is 0.388. The van der Waals surface area contributed by atoms with E-state index in [1.165, 1.54) is 6.92 Å². The lowest BCUT2D eigenvalue weighted by Gasteiger charge is -1.92. The van der Waals surface area contributed by atoms with E-state index in [9.17, 15) is 4.79 Å². The first-order valence-electron chi connectivity index (χ1n) is 3.01. The lowest BCUT2D eigenvalue weighted by Crippen LogP contribution is -2.04. The number of anilines is 1. The Morgan fingerprint density at radius 1 is 1.70 bits per heavy atom. The van der Waals surface area contributed by atoms with Crippen molar-refractivity contribution in [3.8, 4) is 0 Å². The summed E-state index contributed by atoms with van der Waals surface area (Å²) < 4.78 is 4.94. The quantitative estimate of drug-likeness (QED) is 0.641. The number of nitrogens with one attached hydrogen (secondary N) is 1. The minimum atomic E-state index is -0.116. The van der Waals surface area contributed by atoms with E-state index >= 15 is 0 Å². The van der Waals surface area contributed by atoms with Crippen LogP contribution in [-0.2, 0) is 4.79 Å². The van der Waals surface area contributed by atoms with E-state index < -0.39 is 0 Å². The second kappa shape index (κ2) is 2.56. The molecule has 1 rings (SSSR count). The summed E-state index contributed by atoms with van der Waals surface area (Å²) in [6.07, 6.45) is 1.59. The number of furan rings is 1. The van der Waals surface area contributed by atoms with Crippen LogP contribution in [0.2, 0.25) is 0 Å². The summed E-state index contributed by atoms with van der Waals surface area (Å²) in [5.41, 5.74) is 1.00. The predicted octanol–water partition coefficient (Wildman–Crippen LogP) is 1.55. The lowest BCUT2D eigenvalue weighted by atomic mass is 10.4. The van der Waals surface area contributed by atoms with Gasteiger partial charge in [0.05, 0.1) is 6.26 Å². The van der Waals surface area contributed by atoms with Crippen molar-refractivity contribution in [3.63, 3.8) is 0 Å². The predicted molar refractivity (Wildman–Crippen MR) is 37.7 cm³/mol. The van der Waals surface area contributed by atoms with Crippen LogP contribution in [0.25, 0.3) is 0 Å². The van der Waals surface area contributed by atoms with Crippen molar-refractivity contribution in [1.82, 2.24) is 0 Å². The molecule has 0 aliphatic carbocycles. The van der Waals surface area contributed by atoms with Crippen molar-refractivity contribution in [3.05, 3.63) is 17.9 Å². The first-order valence-corrected chi connectivity index (χ1v) is 3.01. The van der Waals surface area contributed by atoms with Gasteiger partial charge in [-0.05, 0) is 12.5 Å². The summed E-state index contributed by atoms with van der Waals surface area (Å²) in [5, 5.41) is 2.52. The van der Waals surface area contributed by atoms with Gasteiger partial charge in [0.1, 0.15) is 0 Å². The molecule has 1 heterocycles. The fourth-order valence-electron chi connectivity index (χ4n) is 0.670. The molecular formula is C7H9NO2. The number of carbonyl (C=O) groups is 1. The van der Waals surface area contributed by atoms with Gasteiger partial charge in [-0.1, -0.05) is 0 Å². The smallest absolute Gasteiger partial charge is 0.223 e. The summed E-state index contributed by atoms with van der Waals surface area (Å²) in [6.45, 7) is 3.34. The minimum absolute atomic E-state index is 0.116. The van der Waals surface area contributed by atoms with Gasteiger partial charge in [-0.3, -0.25) is 10.1 Å². The first kappa shape index (κ1) is 6.86. The normalized spacial score (nSPS) is 9.40. The maximum Gasteiger partial charge on any atom is 0.223 e. The van der Waals surface area contributed by atoms with Gasteiger partial charge in [-0.25, -0.2) is 0 Å². The molecule has 10 heavy (non-hydrogen) atoms. The topological polar surface area (TPSA) is 42.2 Å². The average Bonchev–Trinajstić information content (AvgIpc) is 2.13. The van der Waals surface area contributed by atoms with Gasteiger partial charge in [-0.15, -0.1) is 0 Å². The van der Waals surface area contributed by atoms with Crippen molar-refractivity contribution in [2.45, 2.75) is 13.8 Å². The van der Waals surface area contributed by atoms with Crippen molar-refractivity contribution in [1.29, 1.82) is 0 Å². The summed E-state index contributed by atoms with van der Waals surface area (Å²) in [7, 11) is 0. The fourth-order valence-corrected chi connectivity index (χ4v) is 0.670. The molecule has 1 aromatic rings.